The van der Waals surface area contributed by atoms with Crippen LogP contribution in [0.1, 0.15) is 34.6 Å². The van der Waals surface area contributed by atoms with Crippen molar-refractivity contribution in [3.05, 3.63) is 30.3 Å². The van der Waals surface area contributed by atoms with Gasteiger partial charge in [0.1, 0.15) is 0 Å². The minimum absolute atomic E-state index is 0.000000000000000222. The molecule has 1 aromatic rings. The highest BCUT2D eigenvalue weighted by atomic mass is 14.8. The quantitative estimate of drug-likeness (QED) is 0.839. The summed E-state index contributed by atoms with van der Waals surface area (Å²) in [6.07, 6.45) is 0. The predicted molar refractivity (Wildman–Crippen MR) is 78.3 cm³/mol. The molecule has 0 amide bonds. The molecule has 0 heterocycles. The second-order valence-corrected chi connectivity index (χ2v) is 5.29. The van der Waals surface area contributed by atoms with Crippen molar-refractivity contribution in [3.8, 4) is 0 Å². The van der Waals surface area contributed by atoms with Gasteiger partial charge in [-0.25, -0.2) is 0 Å². The molecule has 1 aromatic carbocycles. The minimum Gasteiger partial charge on any atom is -0.388 e. The smallest absolute Gasteiger partial charge is 0.0337 e. The van der Waals surface area contributed by atoms with Crippen LogP contribution in [0.2, 0.25) is 0 Å². The van der Waals surface area contributed by atoms with Crippen LogP contribution in [-0.4, -0.2) is 12.6 Å². The molecule has 0 atom stereocenters. The lowest BCUT2D eigenvalue weighted by molar-refractivity contribution is 0.250. The Kier molecular flexibility index (Phi) is 6.89. The molecule has 1 rings (SSSR count). The average molecular weight is 236 g/mol. The van der Waals surface area contributed by atoms with Crippen molar-refractivity contribution < 1.29 is 0 Å². The van der Waals surface area contributed by atoms with E-state index >= 15 is 0 Å². The topological polar surface area (TPSA) is 38.0 Å². The van der Waals surface area contributed by atoms with E-state index in [9.17, 15) is 0 Å². The summed E-state index contributed by atoms with van der Waals surface area (Å²) in [7, 11) is 1.91. The van der Waals surface area contributed by atoms with Crippen molar-refractivity contribution in [2.24, 2.45) is 17.6 Å². The number of nitrogens with two attached hydrogens (primary N) is 1. The first-order valence-electron chi connectivity index (χ1n) is 6.34. The number of benzene rings is 1. The maximum absolute atomic E-state index is 6.00. The fourth-order valence-electron chi connectivity index (χ4n) is 1.27. The Hall–Kier alpha value is -1.02. The maximum atomic E-state index is 6.00. The Morgan fingerprint density at radius 2 is 1.41 bits per heavy atom. The highest BCUT2D eigenvalue weighted by Gasteiger charge is 2.26. The Morgan fingerprint density at radius 3 is 1.59 bits per heavy atom. The van der Waals surface area contributed by atoms with Gasteiger partial charge in [-0.05, 0) is 30.9 Å². The van der Waals surface area contributed by atoms with Gasteiger partial charge < -0.3 is 11.1 Å². The van der Waals surface area contributed by atoms with Gasteiger partial charge in [0, 0.05) is 18.3 Å². The Balaban J connectivity index is 0.000000302. The van der Waals surface area contributed by atoms with Crippen LogP contribution < -0.4 is 11.1 Å². The zero-order valence-corrected chi connectivity index (χ0v) is 12.1. The van der Waals surface area contributed by atoms with E-state index in [1.54, 1.807) is 0 Å². The molecule has 0 spiro atoms. The third-order valence-corrected chi connectivity index (χ3v) is 3.55. The molecule has 0 unspecified atom stereocenters. The SMILES string of the molecule is CC(C)C(C)(N)C(C)C.CNc1ccccc1. The summed E-state index contributed by atoms with van der Waals surface area (Å²) in [4.78, 5) is 0. The highest BCUT2D eigenvalue weighted by molar-refractivity contribution is 5.41. The Bertz CT molecular complexity index is 279. The van der Waals surface area contributed by atoms with E-state index in [1.165, 1.54) is 0 Å². The van der Waals surface area contributed by atoms with Gasteiger partial charge in [-0.2, -0.15) is 0 Å². The van der Waals surface area contributed by atoms with Crippen LogP contribution in [0.5, 0.6) is 0 Å². The summed E-state index contributed by atoms with van der Waals surface area (Å²) in [5.74, 6) is 1.13. The zero-order valence-electron chi connectivity index (χ0n) is 12.1. The largest absolute Gasteiger partial charge is 0.388 e. The third-order valence-electron chi connectivity index (χ3n) is 3.55. The van der Waals surface area contributed by atoms with Gasteiger partial charge in [0.05, 0.1) is 0 Å². The van der Waals surface area contributed by atoms with Gasteiger partial charge in [-0.1, -0.05) is 45.9 Å². The number of hydrogen-bond acceptors (Lipinski definition) is 2. The first-order valence-corrected chi connectivity index (χ1v) is 6.34. The number of rotatable bonds is 3. The van der Waals surface area contributed by atoms with E-state index in [4.69, 9.17) is 5.73 Å². The molecule has 3 N–H and O–H groups in total. The van der Waals surface area contributed by atoms with Crippen molar-refractivity contribution in [2.75, 3.05) is 12.4 Å². The van der Waals surface area contributed by atoms with Crippen LogP contribution in [0.3, 0.4) is 0 Å². The fourth-order valence-corrected chi connectivity index (χ4v) is 1.27. The van der Waals surface area contributed by atoms with Gasteiger partial charge in [0.2, 0.25) is 0 Å². The zero-order chi connectivity index (χ0) is 13.5. The molecule has 0 saturated heterocycles. The number of para-hydroxylation sites is 1. The molecule has 0 bridgehead atoms. The van der Waals surface area contributed by atoms with Crippen LogP contribution in [0, 0.1) is 11.8 Å². The highest BCUT2D eigenvalue weighted by Crippen LogP contribution is 2.21. The summed E-state index contributed by atoms with van der Waals surface area (Å²) < 4.78 is 0. The normalized spacial score (nSPS) is 11.1. The van der Waals surface area contributed by atoms with Crippen LogP contribution in [0.25, 0.3) is 0 Å². The molecule has 0 aliphatic heterocycles. The van der Waals surface area contributed by atoms with E-state index < -0.39 is 0 Å². The molecule has 0 aliphatic carbocycles. The van der Waals surface area contributed by atoms with Crippen molar-refractivity contribution >= 4 is 5.69 Å². The van der Waals surface area contributed by atoms with Gasteiger partial charge in [0.15, 0.2) is 0 Å². The number of anilines is 1. The molecule has 0 aromatic heterocycles. The monoisotopic (exact) mass is 236 g/mol. The second-order valence-electron chi connectivity index (χ2n) is 5.29. The number of nitrogens with one attached hydrogen (secondary N) is 1. The van der Waals surface area contributed by atoms with Gasteiger partial charge >= 0.3 is 0 Å². The summed E-state index contributed by atoms with van der Waals surface area (Å²) >= 11 is 0. The molecule has 98 valence electrons. The molecule has 0 aliphatic rings. The maximum Gasteiger partial charge on any atom is 0.0337 e. The van der Waals surface area contributed by atoms with Crippen molar-refractivity contribution in [3.63, 3.8) is 0 Å². The molecule has 2 heteroatoms. The van der Waals surface area contributed by atoms with Crippen molar-refractivity contribution in [2.45, 2.75) is 40.2 Å². The third kappa shape index (κ3) is 5.73. The van der Waals surface area contributed by atoms with E-state index in [2.05, 4.69) is 39.9 Å². The van der Waals surface area contributed by atoms with Crippen LogP contribution in [-0.2, 0) is 0 Å². The molecule has 0 radical (unpaired) electrons. The second kappa shape index (κ2) is 7.33. The predicted octanol–water partition coefficient (Wildman–Crippen LogP) is 3.74. The molecule has 2 nitrogen and oxygen atoms in total. The van der Waals surface area contributed by atoms with Crippen molar-refractivity contribution in [1.82, 2.24) is 0 Å². The summed E-state index contributed by atoms with van der Waals surface area (Å²) in [6, 6.07) is 10.1. The molecule has 0 fully saturated rings. The van der Waals surface area contributed by atoms with Gasteiger partial charge in [0.25, 0.3) is 0 Å². The van der Waals surface area contributed by atoms with E-state index in [1.807, 2.05) is 37.4 Å². The lowest BCUT2D eigenvalue weighted by atomic mass is 9.80. The Labute approximate surface area is 107 Å². The van der Waals surface area contributed by atoms with Gasteiger partial charge in [-0.3, -0.25) is 0 Å². The average Bonchev–Trinajstić information content (AvgIpc) is 2.30. The van der Waals surface area contributed by atoms with E-state index in [0.29, 0.717) is 11.8 Å². The summed E-state index contributed by atoms with van der Waals surface area (Å²) in [5.41, 5.74) is 7.16. The standard InChI is InChI=1S/C8H19N.C7H9N/c1-6(2)8(5,9)7(3)4;1-8-7-5-3-2-4-6-7/h6-7H,9H2,1-5H3;2-6,8H,1H3. The lowest BCUT2D eigenvalue weighted by Crippen LogP contribution is -2.46. The van der Waals surface area contributed by atoms with E-state index in [0.717, 1.165) is 5.69 Å². The lowest BCUT2D eigenvalue weighted by Gasteiger charge is -2.33. The van der Waals surface area contributed by atoms with E-state index in [-0.39, 0.29) is 5.54 Å². The molecular formula is C15H28N2. The van der Waals surface area contributed by atoms with Crippen LogP contribution in [0.15, 0.2) is 30.3 Å². The number of hydrogen-bond donors (Lipinski definition) is 2. The summed E-state index contributed by atoms with van der Waals surface area (Å²) in [5, 5.41) is 3.03. The first kappa shape index (κ1) is 16.0. The molecule has 0 saturated carbocycles. The summed E-state index contributed by atoms with van der Waals surface area (Å²) in [6.45, 7) is 10.8. The molecular weight excluding hydrogens is 208 g/mol. The van der Waals surface area contributed by atoms with Crippen LogP contribution >= 0.6 is 0 Å². The minimum atomic E-state index is 0.000000000000000222. The van der Waals surface area contributed by atoms with Crippen LogP contribution in [0.4, 0.5) is 5.69 Å². The molecule has 17 heavy (non-hydrogen) atoms. The van der Waals surface area contributed by atoms with Crippen molar-refractivity contribution in [1.29, 1.82) is 0 Å². The van der Waals surface area contributed by atoms with Gasteiger partial charge in [-0.15, -0.1) is 0 Å². The Morgan fingerprint density at radius 1 is 1.00 bits per heavy atom. The first-order chi connectivity index (χ1) is 7.82. The fraction of sp³-hybridized carbons (Fsp3) is 0.600.